The molecule has 64 valence electrons. The topological polar surface area (TPSA) is 23.8 Å². The van der Waals surface area contributed by atoms with E-state index in [1.54, 1.807) is 25.1 Å². The van der Waals surface area contributed by atoms with Gasteiger partial charge in [0.15, 0.2) is 0 Å². The molecule has 1 aromatic rings. The van der Waals surface area contributed by atoms with Crippen LogP contribution in [0, 0.1) is 24.1 Å². The Labute approximate surface area is 72.5 Å². The molecule has 0 amide bonds. The van der Waals surface area contributed by atoms with E-state index in [1.807, 2.05) is 13.8 Å². The minimum Gasteiger partial charge on any atom is -0.205 e. The van der Waals surface area contributed by atoms with Gasteiger partial charge in [0, 0.05) is 0 Å². The van der Waals surface area contributed by atoms with E-state index in [0.717, 1.165) is 0 Å². The van der Waals surface area contributed by atoms with Crippen LogP contribution in [0.1, 0.15) is 25.0 Å². The maximum Gasteiger partial charge on any atom is 0.143 e. The van der Waals surface area contributed by atoms with Crippen LogP contribution < -0.4 is 0 Å². The van der Waals surface area contributed by atoms with Gasteiger partial charge in [0.25, 0.3) is 0 Å². The van der Waals surface area contributed by atoms with Crippen molar-refractivity contribution in [3.8, 4) is 6.07 Å². The highest BCUT2D eigenvalue weighted by Gasteiger charge is 2.01. The van der Waals surface area contributed by atoms with Crippen LogP contribution in [0.15, 0.2) is 18.2 Å². The van der Waals surface area contributed by atoms with Gasteiger partial charge in [0.05, 0.1) is 5.56 Å². The van der Waals surface area contributed by atoms with Crippen molar-refractivity contribution in [1.29, 1.82) is 5.26 Å². The average molecular weight is 165 g/mol. The summed E-state index contributed by atoms with van der Waals surface area (Å²) in [7, 11) is 0. The second-order valence-corrected chi connectivity index (χ2v) is 2.05. The third-order valence-corrected chi connectivity index (χ3v) is 1.31. The predicted octanol–water partition coefficient (Wildman–Crippen LogP) is 3.03. The molecule has 1 nitrogen and oxygen atoms in total. The van der Waals surface area contributed by atoms with Gasteiger partial charge < -0.3 is 0 Å². The summed E-state index contributed by atoms with van der Waals surface area (Å²) in [4.78, 5) is 0. The van der Waals surface area contributed by atoms with Crippen molar-refractivity contribution in [2.24, 2.45) is 0 Å². The number of aryl methyl sites for hydroxylation is 1. The Hall–Kier alpha value is -1.36. The van der Waals surface area contributed by atoms with E-state index in [0.29, 0.717) is 5.56 Å². The molecule has 0 radical (unpaired) electrons. The Morgan fingerprint density at radius 2 is 1.92 bits per heavy atom. The van der Waals surface area contributed by atoms with Gasteiger partial charge in [-0.15, -0.1) is 0 Å². The summed E-state index contributed by atoms with van der Waals surface area (Å²) in [6, 6.07) is 6.52. The van der Waals surface area contributed by atoms with Crippen LogP contribution in [0.4, 0.5) is 4.39 Å². The molecule has 1 rings (SSSR count). The van der Waals surface area contributed by atoms with E-state index < -0.39 is 5.82 Å². The van der Waals surface area contributed by atoms with Crippen LogP contribution in [-0.4, -0.2) is 0 Å². The Kier molecular flexibility index (Phi) is 4.71. The Bertz CT molecular complexity index is 286. The second kappa shape index (κ2) is 5.31. The first-order valence-corrected chi connectivity index (χ1v) is 3.91. The molecular formula is C10H12FN. The van der Waals surface area contributed by atoms with E-state index in [-0.39, 0.29) is 5.56 Å². The molecule has 0 heterocycles. The molecule has 1 aromatic carbocycles. The highest BCUT2D eigenvalue weighted by molar-refractivity contribution is 5.34. The molecule has 0 aliphatic heterocycles. The van der Waals surface area contributed by atoms with Gasteiger partial charge in [-0.25, -0.2) is 4.39 Å². The number of hydrogen-bond acceptors (Lipinski definition) is 1. The first kappa shape index (κ1) is 10.6. The van der Waals surface area contributed by atoms with Gasteiger partial charge in [-0.1, -0.05) is 26.0 Å². The zero-order valence-corrected chi connectivity index (χ0v) is 7.56. The zero-order valence-electron chi connectivity index (χ0n) is 7.56. The molecule has 0 bridgehead atoms. The van der Waals surface area contributed by atoms with Gasteiger partial charge >= 0.3 is 0 Å². The van der Waals surface area contributed by atoms with Crippen LogP contribution in [0.3, 0.4) is 0 Å². The number of rotatable bonds is 0. The fourth-order valence-corrected chi connectivity index (χ4v) is 0.734. The summed E-state index contributed by atoms with van der Waals surface area (Å²) in [5.41, 5.74) is 0.624. The number of nitriles is 1. The summed E-state index contributed by atoms with van der Waals surface area (Å²) in [6.45, 7) is 5.64. The maximum atomic E-state index is 12.8. The first-order chi connectivity index (χ1) is 5.75. The monoisotopic (exact) mass is 165 g/mol. The standard InChI is InChI=1S/C8H6FN.C2H6/c1-6-3-2-4-7(5-10)8(6)9;1-2/h2-4H,1H3;1-2H3. The summed E-state index contributed by atoms with van der Waals surface area (Å²) < 4.78 is 12.8. The number of halogens is 1. The number of benzene rings is 1. The van der Waals surface area contributed by atoms with Crippen molar-refractivity contribution in [2.75, 3.05) is 0 Å². The minimum absolute atomic E-state index is 0.111. The molecule has 0 spiro atoms. The molecule has 0 fully saturated rings. The lowest BCUT2D eigenvalue weighted by Gasteiger charge is -1.94. The molecule has 0 aromatic heterocycles. The third kappa shape index (κ3) is 2.35. The quantitative estimate of drug-likeness (QED) is 0.579. The molecule has 0 N–H and O–H groups in total. The summed E-state index contributed by atoms with van der Waals surface area (Å²) in [6.07, 6.45) is 0. The Morgan fingerprint density at radius 3 is 2.33 bits per heavy atom. The fraction of sp³-hybridized carbons (Fsp3) is 0.300. The van der Waals surface area contributed by atoms with Crippen molar-refractivity contribution in [3.63, 3.8) is 0 Å². The van der Waals surface area contributed by atoms with Crippen LogP contribution in [0.25, 0.3) is 0 Å². The second-order valence-electron chi connectivity index (χ2n) is 2.05. The van der Waals surface area contributed by atoms with Crippen molar-refractivity contribution in [2.45, 2.75) is 20.8 Å². The smallest absolute Gasteiger partial charge is 0.143 e. The molecule has 2 heteroatoms. The average Bonchev–Trinajstić information content (AvgIpc) is 2.13. The SMILES string of the molecule is CC.Cc1cccc(C#N)c1F. The lowest BCUT2D eigenvalue weighted by atomic mass is 10.1. The lowest BCUT2D eigenvalue weighted by molar-refractivity contribution is 0.614. The van der Waals surface area contributed by atoms with Gasteiger partial charge in [-0.2, -0.15) is 5.26 Å². The largest absolute Gasteiger partial charge is 0.205 e. The Balaban J connectivity index is 0.000000561. The van der Waals surface area contributed by atoms with Gasteiger partial charge in [-0.05, 0) is 18.6 Å². The highest BCUT2D eigenvalue weighted by atomic mass is 19.1. The normalized spacial score (nSPS) is 7.92. The van der Waals surface area contributed by atoms with Gasteiger partial charge in [0.2, 0.25) is 0 Å². The summed E-state index contributed by atoms with van der Waals surface area (Å²) in [5.74, 6) is -0.412. The van der Waals surface area contributed by atoms with Crippen LogP contribution in [0.2, 0.25) is 0 Å². The maximum absolute atomic E-state index is 12.8. The van der Waals surface area contributed by atoms with E-state index in [4.69, 9.17) is 5.26 Å². The van der Waals surface area contributed by atoms with Crippen LogP contribution >= 0.6 is 0 Å². The van der Waals surface area contributed by atoms with Crippen LogP contribution in [-0.2, 0) is 0 Å². The summed E-state index contributed by atoms with van der Waals surface area (Å²) in [5, 5.41) is 8.35. The van der Waals surface area contributed by atoms with E-state index >= 15 is 0 Å². The fourth-order valence-electron chi connectivity index (χ4n) is 0.734. The third-order valence-electron chi connectivity index (χ3n) is 1.31. The van der Waals surface area contributed by atoms with Crippen molar-refractivity contribution >= 4 is 0 Å². The van der Waals surface area contributed by atoms with Crippen molar-refractivity contribution in [3.05, 3.63) is 35.1 Å². The van der Waals surface area contributed by atoms with Crippen LogP contribution in [0.5, 0.6) is 0 Å². The molecular weight excluding hydrogens is 153 g/mol. The summed E-state index contributed by atoms with van der Waals surface area (Å²) >= 11 is 0. The zero-order chi connectivity index (χ0) is 9.56. The number of nitrogens with zero attached hydrogens (tertiary/aromatic N) is 1. The van der Waals surface area contributed by atoms with Crippen molar-refractivity contribution in [1.82, 2.24) is 0 Å². The van der Waals surface area contributed by atoms with Gasteiger partial charge in [0.1, 0.15) is 11.9 Å². The van der Waals surface area contributed by atoms with E-state index in [1.165, 1.54) is 6.07 Å². The molecule has 0 atom stereocenters. The molecule has 12 heavy (non-hydrogen) atoms. The molecule has 0 aliphatic carbocycles. The minimum atomic E-state index is -0.412. The van der Waals surface area contributed by atoms with Crippen molar-refractivity contribution < 1.29 is 4.39 Å². The predicted molar refractivity (Wildman–Crippen MR) is 47.2 cm³/mol. The highest BCUT2D eigenvalue weighted by Crippen LogP contribution is 2.09. The molecule has 0 saturated carbocycles. The van der Waals surface area contributed by atoms with E-state index in [9.17, 15) is 4.39 Å². The molecule has 0 aliphatic rings. The van der Waals surface area contributed by atoms with E-state index in [2.05, 4.69) is 0 Å². The molecule has 0 saturated heterocycles. The van der Waals surface area contributed by atoms with Gasteiger partial charge in [-0.3, -0.25) is 0 Å². The number of hydrogen-bond donors (Lipinski definition) is 0. The lowest BCUT2D eigenvalue weighted by Crippen LogP contribution is -1.85. The molecule has 0 unspecified atom stereocenters. The Morgan fingerprint density at radius 1 is 1.33 bits per heavy atom. The first-order valence-electron chi connectivity index (χ1n) is 3.91.